The first kappa shape index (κ1) is 10.3. The molecular formula is C10H14N4S. The van der Waals surface area contributed by atoms with Gasteiger partial charge in [-0.1, -0.05) is 0 Å². The second-order valence-electron chi connectivity index (χ2n) is 3.44. The van der Waals surface area contributed by atoms with Gasteiger partial charge in [-0.05, 0) is 26.0 Å². The van der Waals surface area contributed by atoms with Crippen LogP contribution in [-0.4, -0.2) is 14.8 Å². The maximum atomic E-state index is 5.57. The first-order chi connectivity index (χ1) is 7.19. The molecule has 0 spiro atoms. The molecule has 0 bridgehead atoms. The van der Waals surface area contributed by atoms with E-state index >= 15 is 0 Å². The molecule has 5 heteroatoms. The van der Waals surface area contributed by atoms with Crippen LogP contribution in [0.3, 0.4) is 0 Å². The Kier molecular flexibility index (Phi) is 2.83. The normalized spacial score (nSPS) is 10.9. The van der Waals surface area contributed by atoms with E-state index in [9.17, 15) is 0 Å². The summed E-state index contributed by atoms with van der Waals surface area (Å²) in [5.41, 5.74) is 5.57. The molecule has 4 nitrogen and oxygen atoms in total. The summed E-state index contributed by atoms with van der Waals surface area (Å²) in [4.78, 5) is 6.74. The third-order valence-corrected chi connectivity index (χ3v) is 3.28. The minimum atomic E-state index is 0.611. The molecule has 80 valence electrons. The van der Waals surface area contributed by atoms with Crippen molar-refractivity contribution in [2.24, 2.45) is 5.73 Å². The highest BCUT2D eigenvalue weighted by Gasteiger charge is 2.05. The monoisotopic (exact) mass is 222 g/mol. The van der Waals surface area contributed by atoms with E-state index in [4.69, 9.17) is 5.73 Å². The molecule has 0 aromatic carbocycles. The van der Waals surface area contributed by atoms with Gasteiger partial charge in [0.1, 0.15) is 11.6 Å². The summed E-state index contributed by atoms with van der Waals surface area (Å²) in [5.74, 6) is 1.78. The number of hydrogen-bond donors (Lipinski definition) is 1. The van der Waals surface area contributed by atoms with E-state index in [0.717, 1.165) is 18.2 Å². The predicted octanol–water partition coefficient (Wildman–Crippen LogP) is 1.46. The molecule has 15 heavy (non-hydrogen) atoms. The van der Waals surface area contributed by atoms with Crippen molar-refractivity contribution in [3.63, 3.8) is 0 Å². The van der Waals surface area contributed by atoms with Crippen LogP contribution in [-0.2, 0) is 13.1 Å². The lowest BCUT2D eigenvalue weighted by atomic mass is 10.4. The van der Waals surface area contributed by atoms with E-state index in [1.54, 1.807) is 11.3 Å². The zero-order valence-electron chi connectivity index (χ0n) is 8.90. The Morgan fingerprint density at radius 3 is 2.60 bits per heavy atom. The Hall–Kier alpha value is -1.20. The van der Waals surface area contributed by atoms with Crippen LogP contribution in [0.4, 0.5) is 0 Å². The van der Waals surface area contributed by atoms with Crippen LogP contribution in [0.15, 0.2) is 12.1 Å². The summed E-state index contributed by atoms with van der Waals surface area (Å²) in [5, 5.41) is 4.32. The molecule has 0 amide bonds. The Morgan fingerprint density at radius 2 is 2.07 bits per heavy atom. The third kappa shape index (κ3) is 2.24. The number of nitrogens with zero attached hydrogens (tertiary/aromatic N) is 3. The highest BCUT2D eigenvalue weighted by atomic mass is 32.1. The molecule has 2 aromatic heterocycles. The van der Waals surface area contributed by atoms with Gasteiger partial charge in [-0.25, -0.2) is 9.67 Å². The lowest BCUT2D eigenvalue weighted by Crippen LogP contribution is -2.02. The summed E-state index contributed by atoms with van der Waals surface area (Å²) >= 11 is 1.73. The maximum Gasteiger partial charge on any atom is 0.147 e. The standard InChI is InChI=1S/C10H14N4S/c1-7-12-8(2)14(13-7)6-10-4-3-9(5-11)15-10/h3-4H,5-6,11H2,1-2H3. The molecule has 2 N–H and O–H groups in total. The largest absolute Gasteiger partial charge is 0.326 e. The molecule has 2 heterocycles. The average molecular weight is 222 g/mol. The van der Waals surface area contributed by atoms with Crippen LogP contribution < -0.4 is 5.73 Å². The number of aryl methyl sites for hydroxylation is 2. The number of hydrogen-bond acceptors (Lipinski definition) is 4. The van der Waals surface area contributed by atoms with Crippen molar-refractivity contribution in [2.45, 2.75) is 26.9 Å². The summed E-state index contributed by atoms with van der Waals surface area (Å²) in [6.07, 6.45) is 0. The van der Waals surface area contributed by atoms with Crippen LogP contribution in [0.5, 0.6) is 0 Å². The van der Waals surface area contributed by atoms with Crippen LogP contribution in [0.25, 0.3) is 0 Å². The number of nitrogens with two attached hydrogens (primary N) is 1. The molecule has 0 aliphatic carbocycles. The van der Waals surface area contributed by atoms with Crippen molar-refractivity contribution in [3.8, 4) is 0 Å². The van der Waals surface area contributed by atoms with Crippen molar-refractivity contribution in [1.29, 1.82) is 0 Å². The van der Waals surface area contributed by atoms with Crippen molar-refractivity contribution in [1.82, 2.24) is 14.8 Å². The number of thiophene rings is 1. The van der Waals surface area contributed by atoms with Gasteiger partial charge >= 0.3 is 0 Å². The highest BCUT2D eigenvalue weighted by molar-refractivity contribution is 7.11. The van der Waals surface area contributed by atoms with Crippen molar-refractivity contribution < 1.29 is 0 Å². The smallest absolute Gasteiger partial charge is 0.147 e. The first-order valence-electron chi connectivity index (χ1n) is 4.84. The lowest BCUT2D eigenvalue weighted by molar-refractivity contribution is 0.663. The van der Waals surface area contributed by atoms with Gasteiger partial charge in [0.2, 0.25) is 0 Å². The molecule has 2 aromatic rings. The SMILES string of the molecule is Cc1nc(C)n(Cc2ccc(CN)s2)n1. The molecular weight excluding hydrogens is 208 g/mol. The maximum absolute atomic E-state index is 5.57. The number of aromatic nitrogens is 3. The molecule has 2 rings (SSSR count). The quantitative estimate of drug-likeness (QED) is 0.855. The van der Waals surface area contributed by atoms with Gasteiger partial charge in [0.05, 0.1) is 6.54 Å². The Labute approximate surface area is 92.8 Å². The molecule has 0 unspecified atom stereocenters. The molecule has 0 radical (unpaired) electrons. The van der Waals surface area contributed by atoms with Gasteiger partial charge in [-0.2, -0.15) is 5.10 Å². The van der Waals surface area contributed by atoms with Gasteiger partial charge in [0, 0.05) is 16.3 Å². The van der Waals surface area contributed by atoms with Crippen LogP contribution >= 0.6 is 11.3 Å². The van der Waals surface area contributed by atoms with E-state index in [1.807, 2.05) is 18.5 Å². The van der Waals surface area contributed by atoms with Crippen molar-refractivity contribution in [3.05, 3.63) is 33.5 Å². The fraction of sp³-hybridized carbons (Fsp3) is 0.400. The predicted molar refractivity (Wildman–Crippen MR) is 60.8 cm³/mol. The van der Waals surface area contributed by atoms with E-state index in [1.165, 1.54) is 9.75 Å². The van der Waals surface area contributed by atoms with E-state index < -0.39 is 0 Å². The molecule has 0 atom stereocenters. The van der Waals surface area contributed by atoms with E-state index in [0.29, 0.717) is 6.54 Å². The molecule has 0 saturated carbocycles. The Morgan fingerprint density at radius 1 is 1.33 bits per heavy atom. The van der Waals surface area contributed by atoms with Crippen LogP contribution in [0.1, 0.15) is 21.4 Å². The zero-order valence-corrected chi connectivity index (χ0v) is 9.71. The minimum Gasteiger partial charge on any atom is -0.326 e. The third-order valence-electron chi connectivity index (χ3n) is 2.19. The Bertz CT molecular complexity index is 458. The van der Waals surface area contributed by atoms with Crippen LogP contribution in [0, 0.1) is 13.8 Å². The van der Waals surface area contributed by atoms with Crippen LogP contribution in [0.2, 0.25) is 0 Å². The van der Waals surface area contributed by atoms with Gasteiger partial charge in [0.15, 0.2) is 0 Å². The fourth-order valence-corrected chi connectivity index (χ4v) is 2.35. The highest BCUT2D eigenvalue weighted by Crippen LogP contribution is 2.17. The summed E-state index contributed by atoms with van der Waals surface area (Å²) in [6.45, 7) is 5.28. The zero-order chi connectivity index (χ0) is 10.8. The molecule has 0 saturated heterocycles. The van der Waals surface area contributed by atoms with Crippen molar-refractivity contribution >= 4 is 11.3 Å². The average Bonchev–Trinajstić information content (AvgIpc) is 2.75. The Balaban J connectivity index is 2.17. The second-order valence-corrected chi connectivity index (χ2v) is 4.69. The molecule has 0 aliphatic rings. The van der Waals surface area contributed by atoms with Gasteiger partial charge in [-0.3, -0.25) is 0 Å². The van der Waals surface area contributed by atoms with Gasteiger partial charge in [0.25, 0.3) is 0 Å². The second kappa shape index (κ2) is 4.12. The van der Waals surface area contributed by atoms with Gasteiger partial charge in [-0.15, -0.1) is 11.3 Å². The molecule has 0 fully saturated rings. The topological polar surface area (TPSA) is 56.7 Å². The summed E-state index contributed by atoms with van der Waals surface area (Å²) in [7, 11) is 0. The fourth-order valence-electron chi connectivity index (χ4n) is 1.48. The van der Waals surface area contributed by atoms with E-state index in [2.05, 4.69) is 22.2 Å². The summed E-state index contributed by atoms with van der Waals surface area (Å²) < 4.78 is 1.92. The van der Waals surface area contributed by atoms with Crippen molar-refractivity contribution in [2.75, 3.05) is 0 Å². The van der Waals surface area contributed by atoms with E-state index in [-0.39, 0.29) is 0 Å². The lowest BCUT2D eigenvalue weighted by Gasteiger charge is -1.99. The molecule has 0 aliphatic heterocycles. The summed E-state index contributed by atoms with van der Waals surface area (Å²) in [6, 6.07) is 4.17. The first-order valence-corrected chi connectivity index (χ1v) is 5.66. The van der Waals surface area contributed by atoms with Gasteiger partial charge < -0.3 is 5.73 Å². The minimum absolute atomic E-state index is 0.611. The number of rotatable bonds is 3.